The molecule has 0 saturated heterocycles. The Morgan fingerprint density at radius 1 is 1.55 bits per heavy atom. The van der Waals surface area contributed by atoms with Crippen molar-refractivity contribution in [1.29, 1.82) is 0 Å². The smallest absolute Gasteiger partial charge is 0.255 e. The Kier molecular flexibility index (Phi) is 4.45. The van der Waals surface area contributed by atoms with Crippen LogP contribution in [0, 0.1) is 5.92 Å². The molecule has 0 rings (SSSR count). The predicted octanol–water partition coefficient (Wildman–Crippen LogP) is -0.0700. The van der Waals surface area contributed by atoms with Crippen LogP contribution >= 0.6 is 0 Å². The highest BCUT2D eigenvalue weighted by atomic mass is 16.5. The first-order valence-corrected chi connectivity index (χ1v) is 3.40. The second kappa shape index (κ2) is 4.85. The van der Waals surface area contributed by atoms with Crippen molar-refractivity contribution in [1.82, 2.24) is 5.32 Å². The fourth-order valence-corrected chi connectivity index (χ4v) is 0.822. The Labute approximate surface area is 65.9 Å². The van der Waals surface area contributed by atoms with Crippen molar-refractivity contribution in [2.24, 2.45) is 5.92 Å². The molecule has 64 valence electrons. The van der Waals surface area contributed by atoms with Gasteiger partial charge in [-0.3, -0.25) is 14.9 Å². The molecule has 11 heavy (non-hydrogen) atoms. The molecule has 0 aromatic carbocycles. The maximum absolute atomic E-state index is 10.9. The molecule has 0 radical (unpaired) electrons. The molecule has 1 atom stereocenters. The number of nitrogens with one attached hydrogen (secondary N) is 1. The first kappa shape index (κ1) is 10.1. The third kappa shape index (κ3) is 3.13. The summed E-state index contributed by atoms with van der Waals surface area (Å²) in [4.78, 5) is 20.8. The lowest BCUT2D eigenvalue weighted by atomic mass is 10.1. The van der Waals surface area contributed by atoms with E-state index in [9.17, 15) is 9.59 Å². The van der Waals surface area contributed by atoms with E-state index in [-0.39, 0.29) is 5.92 Å². The van der Waals surface area contributed by atoms with E-state index in [4.69, 9.17) is 4.74 Å². The van der Waals surface area contributed by atoms with Crippen LogP contribution < -0.4 is 5.32 Å². The summed E-state index contributed by atoms with van der Waals surface area (Å²) in [7, 11) is 1.44. The van der Waals surface area contributed by atoms with E-state index in [0.717, 1.165) is 0 Å². The molecular formula is C7H13NO3. The Hall–Kier alpha value is -0.900. The molecule has 0 saturated carbocycles. The van der Waals surface area contributed by atoms with Gasteiger partial charge in [0.2, 0.25) is 6.41 Å². The lowest BCUT2D eigenvalue weighted by Gasteiger charge is -2.16. The fourth-order valence-electron chi connectivity index (χ4n) is 0.822. The van der Waals surface area contributed by atoms with Crippen LogP contribution in [-0.2, 0) is 14.3 Å². The van der Waals surface area contributed by atoms with Crippen LogP contribution in [0.15, 0.2) is 0 Å². The number of rotatable bonds is 4. The Morgan fingerprint density at radius 3 is 2.36 bits per heavy atom. The molecule has 4 nitrogen and oxygen atoms in total. The van der Waals surface area contributed by atoms with Crippen LogP contribution in [0.1, 0.15) is 13.8 Å². The van der Waals surface area contributed by atoms with E-state index < -0.39 is 12.0 Å². The average Bonchev–Trinajstić information content (AvgIpc) is 1.88. The number of hydrogen-bond acceptors (Lipinski definition) is 3. The van der Waals surface area contributed by atoms with Crippen LogP contribution in [0.25, 0.3) is 0 Å². The van der Waals surface area contributed by atoms with Gasteiger partial charge in [0.15, 0.2) is 0 Å². The number of imide groups is 1. The second-order valence-electron chi connectivity index (χ2n) is 2.53. The normalized spacial score (nSPS) is 12.7. The van der Waals surface area contributed by atoms with Crippen LogP contribution in [0.5, 0.6) is 0 Å². The summed E-state index contributed by atoms with van der Waals surface area (Å²) in [5.74, 6) is -0.322. The Bertz CT molecular complexity index is 145. The molecular weight excluding hydrogens is 146 g/mol. The zero-order valence-electron chi connectivity index (χ0n) is 6.96. The second-order valence-corrected chi connectivity index (χ2v) is 2.53. The summed E-state index contributed by atoms with van der Waals surface area (Å²) in [6.45, 7) is 3.69. The van der Waals surface area contributed by atoms with Crippen molar-refractivity contribution in [2.45, 2.75) is 20.0 Å². The molecule has 0 spiro atoms. The highest BCUT2D eigenvalue weighted by Crippen LogP contribution is 2.04. The zero-order chi connectivity index (χ0) is 8.85. The van der Waals surface area contributed by atoms with Gasteiger partial charge in [-0.05, 0) is 5.92 Å². The number of hydrogen-bond donors (Lipinski definition) is 1. The van der Waals surface area contributed by atoms with Crippen LogP contribution in [-0.4, -0.2) is 25.5 Å². The van der Waals surface area contributed by atoms with Gasteiger partial charge in [-0.25, -0.2) is 0 Å². The van der Waals surface area contributed by atoms with E-state index >= 15 is 0 Å². The largest absolute Gasteiger partial charge is 0.371 e. The maximum Gasteiger partial charge on any atom is 0.255 e. The molecule has 0 aromatic heterocycles. The minimum atomic E-state index is -0.541. The summed E-state index contributed by atoms with van der Waals surface area (Å²) >= 11 is 0. The molecule has 0 heterocycles. The number of carbonyl (C=O) groups excluding carboxylic acids is 2. The van der Waals surface area contributed by atoms with Crippen molar-refractivity contribution in [3.8, 4) is 0 Å². The summed E-state index contributed by atoms with van der Waals surface area (Å²) in [6, 6.07) is 0. The highest BCUT2D eigenvalue weighted by Gasteiger charge is 2.20. The Balaban J connectivity index is 4.02. The van der Waals surface area contributed by atoms with Crippen molar-refractivity contribution >= 4 is 12.3 Å². The zero-order valence-corrected chi connectivity index (χ0v) is 6.96. The lowest BCUT2D eigenvalue weighted by Crippen LogP contribution is -2.38. The first-order chi connectivity index (χ1) is 5.13. The standard InChI is InChI=1S/C7H13NO3/c1-5(2)6(11-3)7(10)8-4-9/h4-6H,1-3H3,(H,8,9,10). The topological polar surface area (TPSA) is 55.4 Å². The fraction of sp³-hybridized carbons (Fsp3) is 0.714. The average molecular weight is 159 g/mol. The van der Waals surface area contributed by atoms with Gasteiger partial charge < -0.3 is 4.74 Å². The third-order valence-electron chi connectivity index (χ3n) is 1.32. The van der Waals surface area contributed by atoms with Crippen molar-refractivity contribution < 1.29 is 14.3 Å². The molecule has 2 amide bonds. The predicted molar refractivity (Wildman–Crippen MR) is 39.8 cm³/mol. The minimum absolute atomic E-state index is 0.0694. The summed E-state index contributed by atoms with van der Waals surface area (Å²) in [6.07, 6.45) is -0.184. The van der Waals surface area contributed by atoms with Gasteiger partial charge in [-0.2, -0.15) is 0 Å². The molecule has 1 unspecified atom stereocenters. The molecule has 0 bridgehead atoms. The summed E-state index contributed by atoms with van der Waals surface area (Å²) in [5, 5.41) is 2.03. The maximum atomic E-state index is 10.9. The quantitative estimate of drug-likeness (QED) is 0.584. The van der Waals surface area contributed by atoms with Gasteiger partial charge in [-0.1, -0.05) is 13.8 Å². The molecule has 0 aromatic rings. The van der Waals surface area contributed by atoms with Gasteiger partial charge in [-0.15, -0.1) is 0 Å². The SMILES string of the molecule is COC(C(=O)NC=O)C(C)C. The van der Waals surface area contributed by atoms with Gasteiger partial charge >= 0.3 is 0 Å². The number of carbonyl (C=O) groups is 2. The van der Waals surface area contributed by atoms with Crippen molar-refractivity contribution in [2.75, 3.05) is 7.11 Å². The van der Waals surface area contributed by atoms with Crippen molar-refractivity contribution in [3.05, 3.63) is 0 Å². The molecule has 1 N–H and O–H groups in total. The minimum Gasteiger partial charge on any atom is -0.371 e. The summed E-state index contributed by atoms with van der Waals surface area (Å²) in [5.41, 5.74) is 0. The third-order valence-corrected chi connectivity index (χ3v) is 1.32. The van der Waals surface area contributed by atoms with Crippen LogP contribution in [0.3, 0.4) is 0 Å². The number of amides is 2. The molecule has 0 fully saturated rings. The molecule has 0 aliphatic heterocycles. The summed E-state index contributed by atoms with van der Waals surface area (Å²) < 4.78 is 4.86. The molecule has 4 heteroatoms. The molecule has 0 aliphatic rings. The van der Waals surface area contributed by atoms with Gasteiger partial charge in [0.1, 0.15) is 6.10 Å². The Morgan fingerprint density at radius 2 is 2.09 bits per heavy atom. The number of methoxy groups -OCH3 is 1. The van der Waals surface area contributed by atoms with E-state index in [2.05, 4.69) is 0 Å². The van der Waals surface area contributed by atoms with E-state index in [1.54, 1.807) is 0 Å². The van der Waals surface area contributed by atoms with Gasteiger partial charge in [0.05, 0.1) is 0 Å². The van der Waals surface area contributed by atoms with Crippen LogP contribution in [0.2, 0.25) is 0 Å². The van der Waals surface area contributed by atoms with E-state index in [1.165, 1.54) is 7.11 Å². The number of ether oxygens (including phenoxy) is 1. The van der Waals surface area contributed by atoms with Gasteiger partial charge in [0.25, 0.3) is 5.91 Å². The van der Waals surface area contributed by atoms with E-state index in [1.807, 2.05) is 19.2 Å². The monoisotopic (exact) mass is 159 g/mol. The van der Waals surface area contributed by atoms with Crippen molar-refractivity contribution in [3.63, 3.8) is 0 Å². The lowest BCUT2D eigenvalue weighted by molar-refractivity contribution is -0.135. The molecule has 0 aliphatic carbocycles. The highest BCUT2D eigenvalue weighted by molar-refractivity contribution is 5.89. The van der Waals surface area contributed by atoms with E-state index in [0.29, 0.717) is 6.41 Å². The van der Waals surface area contributed by atoms with Gasteiger partial charge in [0, 0.05) is 7.11 Å². The van der Waals surface area contributed by atoms with Crippen LogP contribution in [0.4, 0.5) is 0 Å². The first-order valence-electron chi connectivity index (χ1n) is 3.40.